The van der Waals surface area contributed by atoms with Crippen molar-refractivity contribution in [2.24, 2.45) is 5.92 Å². The topological polar surface area (TPSA) is 26.8 Å². The van der Waals surface area contributed by atoms with Crippen molar-refractivity contribution in [3.63, 3.8) is 0 Å². The van der Waals surface area contributed by atoms with E-state index in [1.807, 2.05) is 24.3 Å². The number of terminal acetylenes is 1. The van der Waals surface area contributed by atoms with E-state index < -0.39 is 0 Å². The quantitative estimate of drug-likeness (QED) is 0.578. The van der Waals surface area contributed by atoms with Crippen LogP contribution in [0.4, 0.5) is 0 Å². The Morgan fingerprint density at radius 2 is 1.73 bits per heavy atom. The maximum Gasteiger partial charge on any atom is 0.253 e. The predicted molar refractivity (Wildman–Crippen MR) is 135 cm³/mol. The molecule has 0 aromatic heterocycles. The number of hydrogen-bond donors (Lipinski definition) is 0. The lowest BCUT2D eigenvalue weighted by molar-refractivity contribution is 0.0661. The lowest BCUT2D eigenvalue weighted by Gasteiger charge is -2.38. The summed E-state index contributed by atoms with van der Waals surface area (Å²) < 4.78 is 0. The molecule has 1 aliphatic heterocycles. The fourth-order valence-electron chi connectivity index (χ4n) is 5.38. The normalized spacial score (nSPS) is 17.2. The van der Waals surface area contributed by atoms with Crippen LogP contribution in [0.15, 0.2) is 48.5 Å². The van der Waals surface area contributed by atoms with Crippen molar-refractivity contribution in [3.8, 4) is 12.3 Å². The van der Waals surface area contributed by atoms with Gasteiger partial charge in [0.05, 0.1) is 0 Å². The summed E-state index contributed by atoms with van der Waals surface area (Å²) in [6, 6.07) is 17.0. The van der Waals surface area contributed by atoms with Crippen molar-refractivity contribution in [1.29, 1.82) is 0 Å². The number of piperidine rings is 1. The van der Waals surface area contributed by atoms with Gasteiger partial charge in [0.25, 0.3) is 5.91 Å². The second-order valence-corrected chi connectivity index (χ2v) is 9.94. The van der Waals surface area contributed by atoms with Crippen LogP contribution in [-0.2, 0) is 12.8 Å². The zero-order valence-electron chi connectivity index (χ0n) is 20.2. The smallest absolute Gasteiger partial charge is 0.253 e. The molecular weight excluding hydrogens is 406 g/mol. The summed E-state index contributed by atoms with van der Waals surface area (Å²) in [5, 5.41) is 0. The number of fused-ring (bicyclic) bond motifs is 1. The molecule has 0 spiro atoms. The van der Waals surface area contributed by atoms with Gasteiger partial charge in [-0.1, -0.05) is 36.3 Å². The lowest BCUT2D eigenvalue weighted by Crippen LogP contribution is -2.45. The largest absolute Gasteiger partial charge is 0.338 e. The van der Waals surface area contributed by atoms with Crippen LogP contribution < -0.4 is 0 Å². The first-order valence-corrected chi connectivity index (χ1v) is 12.3. The van der Waals surface area contributed by atoms with Gasteiger partial charge in [0.2, 0.25) is 0 Å². The van der Waals surface area contributed by atoms with Crippen molar-refractivity contribution in [1.82, 2.24) is 14.7 Å². The minimum absolute atomic E-state index is 0.111. The predicted octanol–water partition coefficient (Wildman–Crippen LogP) is 3.94. The minimum Gasteiger partial charge on any atom is -0.338 e. The Hall–Kier alpha value is -2.61. The third-order valence-electron chi connectivity index (χ3n) is 7.27. The Morgan fingerprint density at radius 3 is 2.36 bits per heavy atom. The van der Waals surface area contributed by atoms with Crippen LogP contribution in [-0.4, -0.2) is 73.5 Å². The molecule has 0 bridgehead atoms. The molecule has 1 fully saturated rings. The Bertz CT molecular complexity index is 959. The van der Waals surface area contributed by atoms with Crippen LogP contribution in [0.2, 0.25) is 0 Å². The monoisotopic (exact) mass is 443 g/mol. The maximum absolute atomic E-state index is 13.4. The molecule has 2 aromatic carbocycles. The van der Waals surface area contributed by atoms with Gasteiger partial charge in [-0.3, -0.25) is 9.69 Å². The highest BCUT2D eigenvalue weighted by molar-refractivity contribution is 5.94. The second-order valence-electron chi connectivity index (χ2n) is 9.94. The summed E-state index contributed by atoms with van der Waals surface area (Å²) in [5.41, 5.74) is 4.52. The first-order valence-electron chi connectivity index (χ1n) is 12.3. The molecule has 1 aliphatic carbocycles. The van der Waals surface area contributed by atoms with Crippen LogP contribution in [0.1, 0.15) is 46.3 Å². The minimum atomic E-state index is 0.111. The number of nitrogens with zero attached hydrogens (tertiary/aromatic N) is 3. The van der Waals surface area contributed by atoms with Crippen molar-refractivity contribution in [3.05, 3.63) is 70.8 Å². The van der Waals surface area contributed by atoms with E-state index in [1.165, 1.54) is 24.0 Å². The van der Waals surface area contributed by atoms with Crippen LogP contribution in [0.3, 0.4) is 0 Å². The number of carbonyl (C=O) groups is 1. The van der Waals surface area contributed by atoms with E-state index in [4.69, 9.17) is 6.42 Å². The summed E-state index contributed by atoms with van der Waals surface area (Å²) in [6.07, 6.45) is 11.2. The Kier molecular flexibility index (Phi) is 7.85. The Morgan fingerprint density at radius 1 is 1.03 bits per heavy atom. The fraction of sp³-hybridized carbons (Fsp3) is 0.483. The van der Waals surface area contributed by atoms with Crippen LogP contribution in [0.5, 0.6) is 0 Å². The highest BCUT2D eigenvalue weighted by atomic mass is 16.2. The third kappa shape index (κ3) is 6.05. The summed E-state index contributed by atoms with van der Waals surface area (Å²) in [4.78, 5) is 20.3. The van der Waals surface area contributed by atoms with Crippen LogP contribution >= 0.6 is 0 Å². The highest BCUT2D eigenvalue weighted by Crippen LogP contribution is 2.29. The Balaban J connectivity index is 1.35. The van der Waals surface area contributed by atoms with Gasteiger partial charge < -0.3 is 9.80 Å². The first-order chi connectivity index (χ1) is 16.0. The molecule has 0 atom stereocenters. The van der Waals surface area contributed by atoms with E-state index in [9.17, 15) is 4.79 Å². The van der Waals surface area contributed by atoms with Gasteiger partial charge in [-0.25, -0.2) is 0 Å². The number of amides is 1. The molecule has 33 heavy (non-hydrogen) atoms. The SMILES string of the molecule is C#Cc1cccc(C(=O)N(CCCN(C)C)CC2CCN(C3Cc4ccccc4C3)CC2)c1. The molecule has 2 aromatic rings. The zero-order valence-corrected chi connectivity index (χ0v) is 20.2. The number of rotatable bonds is 8. The van der Waals surface area contributed by atoms with Gasteiger partial charge in [-0.2, -0.15) is 0 Å². The van der Waals surface area contributed by atoms with E-state index in [-0.39, 0.29) is 5.91 Å². The molecule has 0 N–H and O–H groups in total. The van der Waals surface area contributed by atoms with Gasteiger partial charge >= 0.3 is 0 Å². The first kappa shape index (κ1) is 23.5. The summed E-state index contributed by atoms with van der Waals surface area (Å²) >= 11 is 0. The molecule has 4 nitrogen and oxygen atoms in total. The van der Waals surface area contributed by atoms with E-state index in [1.54, 1.807) is 0 Å². The van der Waals surface area contributed by atoms with Crippen molar-refractivity contribution >= 4 is 5.91 Å². The molecule has 0 radical (unpaired) electrons. The number of likely N-dealkylation sites (tertiary alicyclic amines) is 1. The molecule has 174 valence electrons. The lowest BCUT2D eigenvalue weighted by atomic mass is 9.94. The maximum atomic E-state index is 13.4. The molecule has 0 unspecified atom stereocenters. The van der Waals surface area contributed by atoms with E-state index in [2.05, 4.69) is 59.0 Å². The number of carbonyl (C=O) groups excluding carboxylic acids is 1. The summed E-state index contributed by atoms with van der Waals surface area (Å²) in [6.45, 7) is 4.88. The van der Waals surface area contributed by atoms with Gasteiger partial charge in [0.1, 0.15) is 0 Å². The molecule has 1 amide bonds. The number of benzene rings is 2. The van der Waals surface area contributed by atoms with Gasteiger partial charge in [0, 0.05) is 30.3 Å². The van der Waals surface area contributed by atoms with Crippen molar-refractivity contribution in [2.45, 2.75) is 38.1 Å². The average Bonchev–Trinajstić information content (AvgIpc) is 3.27. The standard InChI is InChI=1S/C29H37N3O/c1-4-23-9-7-12-27(19-23)29(33)32(16-8-15-30(2)3)22-24-13-17-31(18-14-24)28-20-25-10-5-6-11-26(25)21-28/h1,5-7,9-12,19,24,28H,8,13-18,20-22H2,2-3H3. The molecular formula is C29H37N3O. The number of hydrogen-bond acceptors (Lipinski definition) is 3. The molecule has 1 saturated heterocycles. The van der Waals surface area contributed by atoms with Gasteiger partial charge in [0.15, 0.2) is 0 Å². The van der Waals surface area contributed by atoms with E-state index >= 15 is 0 Å². The van der Waals surface area contributed by atoms with Crippen LogP contribution in [0.25, 0.3) is 0 Å². The summed E-state index contributed by atoms with van der Waals surface area (Å²) in [7, 11) is 4.17. The average molecular weight is 444 g/mol. The highest BCUT2D eigenvalue weighted by Gasteiger charge is 2.31. The molecule has 0 saturated carbocycles. The van der Waals surface area contributed by atoms with Gasteiger partial charge in [-0.05, 0) is 101 Å². The molecule has 4 rings (SSSR count). The van der Waals surface area contributed by atoms with Gasteiger partial charge in [-0.15, -0.1) is 6.42 Å². The van der Waals surface area contributed by atoms with Crippen molar-refractivity contribution < 1.29 is 4.79 Å². The molecule has 1 heterocycles. The third-order valence-corrected chi connectivity index (χ3v) is 7.27. The summed E-state index contributed by atoms with van der Waals surface area (Å²) in [5.74, 6) is 3.33. The molecule has 2 aliphatic rings. The van der Waals surface area contributed by atoms with Crippen molar-refractivity contribution in [2.75, 3.05) is 46.8 Å². The van der Waals surface area contributed by atoms with E-state index in [0.29, 0.717) is 17.5 Å². The molecule has 4 heteroatoms. The Labute approximate surface area is 199 Å². The van der Waals surface area contributed by atoms with Crippen LogP contribution in [0, 0.1) is 18.3 Å². The zero-order chi connectivity index (χ0) is 23.2. The second kappa shape index (κ2) is 11.0. The van der Waals surface area contributed by atoms with E-state index in [0.717, 1.165) is 57.5 Å². The fourth-order valence-corrected chi connectivity index (χ4v) is 5.38.